The predicted molar refractivity (Wildman–Crippen MR) is 66.7 cm³/mol. The maximum Gasteiger partial charge on any atom is 0.220 e. The Balaban J connectivity index is 2.40. The number of rotatable bonds is 3. The van der Waals surface area contributed by atoms with Gasteiger partial charge in [0.2, 0.25) is 5.69 Å². The van der Waals surface area contributed by atoms with Gasteiger partial charge in [-0.1, -0.05) is 30.3 Å². The van der Waals surface area contributed by atoms with Crippen LogP contribution in [0.1, 0.15) is 11.3 Å². The molecule has 0 bridgehead atoms. The Morgan fingerprint density at radius 1 is 1.12 bits per heavy atom. The Bertz CT molecular complexity index is 521. The van der Waals surface area contributed by atoms with Crippen LogP contribution in [0.25, 0.3) is 11.8 Å². The van der Waals surface area contributed by atoms with Crippen LogP contribution >= 0.6 is 0 Å². The fourth-order valence-electron chi connectivity index (χ4n) is 1.55. The van der Waals surface area contributed by atoms with E-state index in [9.17, 15) is 5.21 Å². The second-order valence-electron chi connectivity index (χ2n) is 3.53. The smallest absolute Gasteiger partial charge is 0.220 e. The third-order valence-corrected chi connectivity index (χ3v) is 2.41. The van der Waals surface area contributed by atoms with Crippen molar-refractivity contribution in [3.8, 4) is 0 Å². The first-order chi connectivity index (χ1) is 8.31. The molecule has 17 heavy (non-hydrogen) atoms. The molecule has 0 fully saturated rings. The van der Waals surface area contributed by atoms with Gasteiger partial charge in [0.1, 0.15) is 5.76 Å². The van der Waals surface area contributed by atoms with Crippen LogP contribution in [0.5, 0.6) is 0 Å². The van der Waals surface area contributed by atoms with E-state index in [1.54, 1.807) is 25.3 Å². The van der Waals surface area contributed by atoms with Crippen molar-refractivity contribution < 1.29 is 9.47 Å². The van der Waals surface area contributed by atoms with Crippen LogP contribution in [0.4, 0.5) is 0 Å². The zero-order valence-corrected chi connectivity index (χ0v) is 9.54. The molecule has 0 N–H and O–H groups in total. The van der Waals surface area contributed by atoms with Crippen molar-refractivity contribution in [3.63, 3.8) is 0 Å². The molecule has 0 amide bonds. The van der Waals surface area contributed by atoms with E-state index in [1.165, 1.54) is 6.20 Å². The summed E-state index contributed by atoms with van der Waals surface area (Å²) in [7, 11) is 1.59. The summed E-state index contributed by atoms with van der Waals surface area (Å²) in [5.74, 6) is 0.668. The van der Waals surface area contributed by atoms with Crippen molar-refractivity contribution >= 4 is 11.8 Å². The number of nitrogens with zero attached hydrogens (tertiary/aromatic N) is 1. The van der Waals surface area contributed by atoms with Crippen molar-refractivity contribution in [2.45, 2.75) is 0 Å². The molecule has 0 aliphatic heterocycles. The second kappa shape index (κ2) is 5.16. The molecule has 0 saturated heterocycles. The zero-order chi connectivity index (χ0) is 12.1. The molecule has 86 valence electrons. The number of benzene rings is 1. The number of ether oxygens (including phenoxy) is 1. The predicted octanol–water partition coefficient (Wildman–Crippen LogP) is 2.46. The van der Waals surface area contributed by atoms with E-state index in [2.05, 4.69) is 0 Å². The van der Waals surface area contributed by atoms with Gasteiger partial charge in [0.25, 0.3) is 0 Å². The van der Waals surface area contributed by atoms with Crippen molar-refractivity contribution in [1.82, 2.24) is 0 Å². The number of hydrogen-bond donors (Lipinski definition) is 0. The SMILES string of the molecule is CO/C(=C/c1cccc[n+]1[O-])c1ccccc1. The molecule has 0 spiro atoms. The minimum Gasteiger partial charge on any atom is -0.618 e. The molecule has 0 radical (unpaired) electrons. The second-order valence-corrected chi connectivity index (χ2v) is 3.53. The van der Waals surface area contributed by atoms with Crippen LogP contribution in [0, 0.1) is 5.21 Å². The fourth-order valence-corrected chi connectivity index (χ4v) is 1.55. The number of aromatic nitrogens is 1. The van der Waals surface area contributed by atoms with Crippen molar-refractivity contribution in [2.75, 3.05) is 7.11 Å². The fraction of sp³-hybridized carbons (Fsp3) is 0.0714. The molecular formula is C14H13NO2. The van der Waals surface area contributed by atoms with Gasteiger partial charge in [-0.2, -0.15) is 4.73 Å². The largest absolute Gasteiger partial charge is 0.618 e. The maximum absolute atomic E-state index is 11.5. The minimum atomic E-state index is 0.549. The topological polar surface area (TPSA) is 36.2 Å². The van der Waals surface area contributed by atoms with Crippen molar-refractivity contribution in [2.24, 2.45) is 0 Å². The Hall–Kier alpha value is -2.29. The lowest BCUT2D eigenvalue weighted by molar-refractivity contribution is -0.607. The van der Waals surface area contributed by atoms with E-state index < -0.39 is 0 Å². The molecule has 1 aromatic carbocycles. The summed E-state index contributed by atoms with van der Waals surface area (Å²) in [4.78, 5) is 0. The molecule has 2 aromatic rings. The highest BCUT2D eigenvalue weighted by Crippen LogP contribution is 2.16. The van der Waals surface area contributed by atoms with Gasteiger partial charge in [-0.3, -0.25) is 0 Å². The first-order valence-electron chi connectivity index (χ1n) is 5.30. The molecule has 3 nitrogen and oxygen atoms in total. The third kappa shape index (κ3) is 2.64. The molecule has 0 aliphatic carbocycles. The summed E-state index contributed by atoms with van der Waals surface area (Å²) in [6.45, 7) is 0. The summed E-state index contributed by atoms with van der Waals surface area (Å²) in [6, 6.07) is 14.9. The van der Waals surface area contributed by atoms with Crippen LogP contribution < -0.4 is 4.73 Å². The molecule has 1 aromatic heterocycles. The van der Waals surface area contributed by atoms with Gasteiger partial charge in [-0.05, 0) is 6.07 Å². The first kappa shape index (κ1) is 11.2. The summed E-state index contributed by atoms with van der Waals surface area (Å²) < 4.78 is 6.11. The van der Waals surface area contributed by atoms with Crippen LogP contribution in [0.2, 0.25) is 0 Å². The lowest BCUT2D eigenvalue weighted by atomic mass is 10.1. The average Bonchev–Trinajstić information content (AvgIpc) is 2.39. The van der Waals surface area contributed by atoms with Gasteiger partial charge >= 0.3 is 0 Å². The Kier molecular flexibility index (Phi) is 3.40. The molecule has 3 heteroatoms. The number of pyridine rings is 1. The standard InChI is InChI=1S/C14H13NO2/c1-17-14(12-7-3-2-4-8-12)11-13-9-5-6-10-15(13)16/h2-11H,1H3/b14-11+. The van der Waals surface area contributed by atoms with E-state index in [4.69, 9.17) is 4.74 Å². The highest BCUT2D eigenvalue weighted by Gasteiger charge is 2.05. The van der Waals surface area contributed by atoms with E-state index >= 15 is 0 Å². The highest BCUT2D eigenvalue weighted by atomic mass is 16.5. The van der Waals surface area contributed by atoms with Gasteiger partial charge in [-0.25, -0.2) is 0 Å². The summed E-state index contributed by atoms with van der Waals surface area (Å²) in [5, 5.41) is 11.5. The highest BCUT2D eigenvalue weighted by molar-refractivity contribution is 5.75. The van der Waals surface area contributed by atoms with Gasteiger partial charge in [0.15, 0.2) is 6.20 Å². The average molecular weight is 227 g/mol. The number of hydrogen-bond acceptors (Lipinski definition) is 2. The molecule has 0 aliphatic rings. The van der Waals surface area contributed by atoms with Crippen molar-refractivity contribution in [1.29, 1.82) is 0 Å². The monoisotopic (exact) mass is 227 g/mol. The lowest BCUT2D eigenvalue weighted by Gasteiger charge is -2.06. The van der Waals surface area contributed by atoms with E-state index in [0.29, 0.717) is 11.5 Å². The summed E-state index contributed by atoms with van der Waals surface area (Å²) in [5.41, 5.74) is 1.49. The molecule has 0 unspecified atom stereocenters. The summed E-state index contributed by atoms with van der Waals surface area (Å²) >= 11 is 0. The molecule has 1 heterocycles. The van der Waals surface area contributed by atoms with E-state index in [0.717, 1.165) is 10.3 Å². The summed E-state index contributed by atoms with van der Waals surface area (Å²) in [6.07, 6.45) is 3.19. The third-order valence-electron chi connectivity index (χ3n) is 2.41. The Labute approximate surface area is 100 Å². The molecule has 0 atom stereocenters. The Morgan fingerprint density at radius 2 is 1.82 bits per heavy atom. The zero-order valence-electron chi connectivity index (χ0n) is 9.54. The normalized spacial score (nSPS) is 11.2. The van der Waals surface area contributed by atoms with Crippen molar-refractivity contribution in [3.05, 3.63) is 71.2 Å². The molecule has 2 rings (SSSR count). The van der Waals surface area contributed by atoms with Crippen LogP contribution in [0.15, 0.2) is 54.7 Å². The van der Waals surface area contributed by atoms with Gasteiger partial charge < -0.3 is 9.94 Å². The Morgan fingerprint density at radius 3 is 2.47 bits per heavy atom. The molecule has 0 saturated carbocycles. The van der Waals surface area contributed by atoms with Crippen LogP contribution in [0.3, 0.4) is 0 Å². The molecular weight excluding hydrogens is 214 g/mol. The van der Waals surface area contributed by atoms with Gasteiger partial charge in [0.05, 0.1) is 13.2 Å². The quantitative estimate of drug-likeness (QED) is 0.459. The van der Waals surface area contributed by atoms with Gasteiger partial charge in [-0.15, -0.1) is 0 Å². The first-order valence-corrected chi connectivity index (χ1v) is 5.30. The van der Waals surface area contributed by atoms with E-state index in [-0.39, 0.29) is 0 Å². The number of methoxy groups -OCH3 is 1. The maximum atomic E-state index is 11.5. The van der Waals surface area contributed by atoms with Gasteiger partial charge in [0, 0.05) is 17.7 Å². The lowest BCUT2D eigenvalue weighted by Crippen LogP contribution is -2.28. The minimum absolute atomic E-state index is 0.549. The van der Waals surface area contributed by atoms with E-state index in [1.807, 2.05) is 36.4 Å². The van der Waals surface area contributed by atoms with Crippen LogP contribution in [-0.2, 0) is 4.74 Å². The van der Waals surface area contributed by atoms with Crippen LogP contribution in [-0.4, -0.2) is 7.11 Å².